The Labute approximate surface area is 357 Å². The zero-order valence-corrected chi connectivity index (χ0v) is 34.4. The number of rotatable bonds is 7. The van der Waals surface area contributed by atoms with Crippen LogP contribution in [0.2, 0.25) is 0 Å². The van der Waals surface area contributed by atoms with Crippen LogP contribution in [0.3, 0.4) is 0 Å². The Bertz CT molecular complexity index is 3420. The monoisotopic (exact) mass is 780 g/mol. The van der Waals surface area contributed by atoms with Gasteiger partial charge in [-0.25, -0.2) is 4.99 Å². The molecular weight excluding hydrogens is 737 g/mol. The van der Waals surface area contributed by atoms with Crippen molar-refractivity contribution < 1.29 is 0 Å². The first-order chi connectivity index (χ1) is 30.0. The maximum absolute atomic E-state index is 6.79. The number of fused-ring (bicyclic) bond motifs is 8. The Morgan fingerprint density at radius 1 is 0.426 bits per heavy atom. The molecule has 61 heavy (non-hydrogen) atoms. The summed E-state index contributed by atoms with van der Waals surface area (Å²) in [5, 5.41) is 9.88. The molecule has 0 bridgehead atoms. The second kappa shape index (κ2) is 14.6. The number of nitrogens with two attached hydrogens (primary N) is 1. The molecule has 0 atom stereocenters. The number of aliphatic imine (C=N–C) groups is 1. The third kappa shape index (κ3) is 6.06. The van der Waals surface area contributed by atoms with Gasteiger partial charge in [0, 0.05) is 16.5 Å². The van der Waals surface area contributed by atoms with Crippen molar-refractivity contribution in [2.24, 2.45) is 10.7 Å². The summed E-state index contributed by atoms with van der Waals surface area (Å²) in [5.74, 6) is 0.492. The molecule has 1 aliphatic carbocycles. The van der Waals surface area contributed by atoms with Crippen molar-refractivity contribution in [3.05, 3.63) is 234 Å². The lowest BCUT2D eigenvalue weighted by molar-refractivity contribution is 0.668. The molecule has 10 aromatic rings. The number of hydrogen-bond acceptors (Lipinski definition) is 1. The SMILES string of the molecule is CC1(C)c2c(cccc2-c2ccc(-c3ccc(/C(=C/Cc4cccc5ccccc45)N=C(N)c4ccccc4)c4ccccc34)c3ccccc23)-c2ccc3ccccc3c21. The van der Waals surface area contributed by atoms with E-state index in [1.165, 1.54) is 87.8 Å². The average Bonchev–Trinajstić information content (AvgIpc) is 3.56. The fourth-order valence-corrected chi connectivity index (χ4v) is 10.2. The van der Waals surface area contributed by atoms with Gasteiger partial charge in [-0.3, -0.25) is 0 Å². The molecule has 0 saturated carbocycles. The van der Waals surface area contributed by atoms with Crippen molar-refractivity contribution in [3.8, 4) is 33.4 Å². The van der Waals surface area contributed by atoms with Crippen LogP contribution in [0, 0.1) is 0 Å². The third-order valence-electron chi connectivity index (χ3n) is 12.9. The minimum atomic E-state index is -0.181. The summed E-state index contributed by atoms with van der Waals surface area (Å²) in [6.45, 7) is 4.81. The summed E-state index contributed by atoms with van der Waals surface area (Å²) in [7, 11) is 0. The van der Waals surface area contributed by atoms with Gasteiger partial charge in [0.1, 0.15) is 5.84 Å². The first-order valence-electron chi connectivity index (χ1n) is 21.2. The molecule has 0 fully saturated rings. The van der Waals surface area contributed by atoms with Gasteiger partial charge in [0.25, 0.3) is 0 Å². The van der Waals surface area contributed by atoms with Gasteiger partial charge in [-0.2, -0.15) is 0 Å². The maximum Gasteiger partial charge on any atom is 0.131 e. The average molecular weight is 781 g/mol. The van der Waals surface area contributed by atoms with Gasteiger partial charge in [-0.1, -0.05) is 220 Å². The normalized spacial score (nSPS) is 13.5. The molecule has 0 unspecified atom stereocenters. The van der Waals surface area contributed by atoms with Gasteiger partial charge in [0.05, 0.1) is 5.70 Å². The van der Waals surface area contributed by atoms with Crippen molar-refractivity contribution in [1.29, 1.82) is 0 Å². The zero-order chi connectivity index (χ0) is 41.1. The fourth-order valence-electron chi connectivity index (χ4n) is 10.2. The molecule has 1 aliphatic rings. The Kier molecular flexibility index (Phi) is 8.75. The topological polar surface area (TPSA) is 38.4 Å². The molecule has 290 valence electrons. The molecule has 10 aromatic carbocycles. The summed E-state index contributed by atoms with van der Waals surface area (Å²) in [6.07, 6.45) is 2.95. The molecule has 11 rings (SSSR count). The number of allylic oxidation sites excluding steroid dienone is 1. The quantitative estimate of drug-likeness (QED) is 0.127. The molecule has 0 amide bonds. The molecule has 0 aromatic heterocycles. The van der Waals surface area contributed by atoms with E-state index in [2.05, 4.69) is 190 Å². The summed E-state index contributed by atoms with van der Waals surface area (Å²) >= 11 is 0. The van der Waals surface area contributed by atoms with E-state index in [1.54, 1.807) is 0 Å². The second-order valence-electron chi connectivity index (χ2n) is 16.8. The highest BCUT2D eigenvalue weighted by Gasteiger charge is 2.39. The minimum Gasteiger partial charge on any atom is -0.383 e. The molecule has 2 N–H and O–H groups in total. The van der Waals surface area contributed by atoms with Crippen molar-refractivity contribution in [2.45, 2.75) is 25.7 Å². The van der Waals surface area contributed by atoms with Gasteiger partial charge in [0.15, 0.2) is 0 Å². The summed E-state index contributed by atoms with van der Waals surface area (Å²) < 4.78 is 0. The number of benzene rings is 10. The summed E-state index contributed by atoms with van der Waals surface area (Å²) in [5.41, 5.74) is 21.1. The van der Waals surface area contributed by atoms with Crippen LogP contribution >= 0.6 is 0 Å². The lowest BCUT2D eigenvalue weighted by Crippen LogP contribution is -2.17. The highest BCUT2D eigenvalue weighted by Crippen LogP contribution is 2.55. The van der Waals surface area contributed by atoms with Gasteiger partial charge in [0.2, 0.25) is 0 Å². The van der Waals surface area contributed by atoms with Crippen LogP contribution in [0.15, 0.2) is 211 Å². The molecule has 0 spiro atoms. The molecule has 0 aliphatic heterocycles. The van der Waals surface area contributed by atoms with Gasteiger partial charge >= 0.3 is 0 Å². The van der Waals surface area contributed by atoms with E-state index in [1.807, 2.05) is 30.3 Å². The highest BCUT2D eigenvalue weighted by atomic mass is 14.9. The fraction of sp³-hybridized carbons (Fsp3) is 0.0678. The lowest BCUT2D eigenvalue weighted by atomic mass is 9.76. The van der Waals surface area contributed by atoms with Gasteiger partial charge in [-0.05, 0) is 99.6 Å². The van der Waals surface area contributed by atoms with E-state index in [0.717, 1.165) is 22.2 Å². The van der Waals surface area contributed by atoms with Gasteiger partial charge < -0.3 is 5.73 Å². The molecule has 0 heterocycles. The smallest absolute Gasteiger partial charge is 0.131 e. The van der Waals surface area contributed by atoms with Crippen molar-refractivity contribution in [2.75, 3.05) is 0 Å². The molecule has 2 nitrogen and oxygen atoms in total. The Morgan fingerprint density at radius 3 is 1.61 bits per heavy atom. The van der Waals surface area contributed by atoms with Crippen LogP contribution in [0.1, 0.15) is 41.7 Å². The molecular formula is C59H44N2. The molecule has 2 heteroatoms. The summed E-state index contributed by atoms with van der Waals surface area (Å²) in [4.78, 5) is 5.19. The van der Waals surface area contributed by atoms with Crippen LogP contribution in [0.4, 0.5) is 0 Å². The second-order valence-corrected chi connectivity index (χ2v) is 16.8. The number of hydrogen-bond donors (Lipinski definition) is 1. The Morgan fingerprint density at radius 2 is 0.902 bits per heavy atom. The third-order valence-corrected chi connectivity index (χ3v) is 12.9. The van der Waals surface area contributed by atoms with Crippen molar-refractivity contribution >= 4 is 54.6 Å². The van der Waals surface area contributed by atoms with E-state index in [9.17, 15) is 0 Å². The molecule has 0 saturated heterocycles. The lowest BCUT2D eigenvalue weighted by Gasteiger charge is -2.26. The Balaban J connectivity index is 1.06. The van der Waals surface area contributed by atoms with Crippen LogP contribution in [0.5, 0.6) is 0 Å². The van der Waals surface area contributed by atoms with Crippen LogP contribution < -0.4 is 5.73 Å². The van der Waals surface area contributed by atoms with Crippen LogP contribution in [-0.4, -0.2) is 5.84 Å². The molecule has 0 radical (unpaired) electrons. The first kappa shape index (κ1) is 36.5. The maximum atomic E-state index is 6.79. The van der Waals surface area contributed by atoms with Crippen molar-refractivity contribution in [1.82, 2.24) is 0 Å². The predicted octanol–water partition coefficient (Wildman–Crippen LogP) is 14.9. The predicted molar refractivity (Wildman–Crippen MR) is 260 cm³/mol. The summed E-state index contributed by atoms with van der Waals surface area (Å²) in [6, 6.07) is 72.3. The number of nitrogens with zero attached hydrogens (tertiary/aromatic N) is 1. The standard InChI is InChI=1S/C59H44N2/c1-59(2)56-43-23-9-7-17-40(43)30-32-54(56)53-29-15-28-52(57(53)59)50-34-33-48(44-24-10-11-25-45(44)50)49-35-36-51(47-27-13-12-26-46(47)49)55(61-58(60)41-18-4-3-5-19-41)37-31-39-21-14-20-38-16-6-8-22-42(38)39/h3-30,32-37H,31H2,1-2H3,(H2,60,61)/b55-37-. The minimum absolute atomic E-state index is 0.181. The van der Waals surface area contributed by atoms with Crippen LogP contribution in [-0.2, 0) is 11.8 Å². The van der Waals surface area contributed by atoms with Gasteiger partial charge in [-0.15, -0.1) is 0 Å². The van der Waals surface area contributed by atoms with E-state index in [0.29, 0.717) is 12.3 Å². The van der Waals surface area contributed by atoms with E-state index >= 15 is 0 Å². The highest BCUT2D eigenvalue weighted by molar-refractivity contribution is 6.13. The van der Waals surface area contributed by atoms with E-state index in [-0.39, 0.29) is 5.41 Å². The van der Waals surface area contributed by atoms with Crippen molar-refractivity contribution in [3.63, 3.8) is 0 Å². The number of amidine groups is 1. The van der Waals surface area contributed by atoms with E-state index < -0.39 is 0 Å². The van der Waals surface area contributed by atoms with E-state index in [4.69, 9.17) is 10.7 Å². The Hall–Kier alpha value is -7.55. The largest absolute Gasteiger partial charge is 0.383 e. The zero-order valence-electron chi connectivity index (χ0n) is 34.4. The first-order valence-corrected chi connectivity index (χ1v) is 21.2. The van der Waals surface area contributed by atoms with Crippen LogP contribution in [0.25, 0.3) is 82.2 Å².